The Bertz CT molecular complexity index is 668. The molecule has 0 unspecified atom stereocenters. The molecule has 0 radical (unpaired) electrons. The molecule has 0 atom stereocenters. The second-order valence-corrected chi connectivity index (χ2v) is 4.20. The van der Waals surface area contributed by atoms with E-state index in [1.807, 2.05) is 0 Å². The van der Waals surface area contributed by atoms with Gasteiger partial charge in [-0.15, -0.1) is 0 Å². The number of ether oxygens (including phenoxy) is 2. The van der Waals surface area contributed by atoms with Crippen LogP contribution >= 0.6 is 11.6 Å². The minimum Gasteiger partial charge on any atom is -0.506 e. The fourth-order valence-corrected chi connectivity index (χ4v) is 1.94. The largest absolute Gasteiger partial charge is 0.506 e. The smallest absolute Gasteiger partial charge is 0.353 e. The summed E-state index contributed by atoms with van der Waals surface area (Å²) < 4.78 is 10.3. The van der Waals surface area contributed by atoms with E-state index in [1.165, 1.54) is 26.4 Å². The van der Waals surface area contributed by atoms with Crippen LogP contribution in [-0.2, 0) is 0 Å². The van der Waals surface area contributed by atoms with E-state index < -0.39 is 5.97 Å². The first-order chi connectivity index (χ1) is 9.49. The van der Waals surface area contributed by atoms with Crippen LogP contribution in [0.1, 0.15) is 10.5 Å². The first kappa shape index (κ1) is 14.0. The van der Waals surface area contributed by atoms with Crippen LogP contribution in [0.15, 0.2) is 12.1 Å². The van der Waals surface area contributed by atoms with E-state index in [0.717, 1.165) is 0 Å². The minimum atomic E-state index is -1.17. The molecule has 7 nitrogen and oxygen atoms in total. The molecule has 0 aliphatic heterocycles. The van der Waals surface area contributed by atoms with Gasteiger partial charge in [0, 0.05) is 6.07 Å². The zero-order valence-corrected chi connectivity index (χ0v) is 11.4. The third-order valence-corrected chi connectivity index (χ3v) is 2.95. The van der Waals surface area contributed by atoms with Gasteiger partial charge in [-0.25, -0.2) is 4.79 Å². The number of aromatic amines is 1. The van der Waals surface area contributed by atoms with Crippen molar-refractivity contribution in [2.24, 2.45) is 0 Å². The van der Waals surface area contributed by atoms with E-state index in [1.54, 1.807) is 0 Å². The van der Waals surface area contributed by atoms with Gasteiger partial charge < -0.3 is 19.7 Å². The van der Waals surface area contributed by atoms with Gasteiger partial charge in [0.25, 0.3) is 0 Å². The second kappa shape index (κ2) is 5.30. The Balaban J connectivity index is 2.70. The molecule has 1 heterocycles. The number of carbonyl (C=O) groups is 1. The van der Waals surface area contributed by atoms with Crippen LogP contribution in [0.2, 0.25) is 5.02 Å². The normalized spacial score (nSPS) is 10.3. The summed E-state index contributed by atoms with van der Waals surface area (Å²) in [5, 5.41) is 25.2. The number of aromatic carboxylic acids is 1. The highest BCUT2D eigenvalue weighted by Crippen LogP contribution is 2.47. The maximum atomic E-state index is 10.9. The quantitative estimate of drug-likeness (QED) is 0.799. The topological polar surface area (TPSA) is 105 Å². The molecule has 1 aromatic heterocycles. The lowest BCUT2D eigenvalue weighted by Crippen LogP contribution is -1.95. The number of hydrogen-bond acceptors (Lipinski definition) is 5. The van der Waals surface area contributed by atoms with Gasteiger partial charge in [0.2, 0.25) is 0 Å². The molecule has 3 N–H and O–H groups in total. The van der Waals surface area contributed by atoms with Crippen LogP contribution in [0.5, 0.6) is 17.2 Å². The highest BCUT2D eigenvalue weighted by Gasteiger charge is 2.23. The van der Waals surface area contributed by atoms with Gasteiger partial charge in [0.05, 0.1) is 24.8 Å². The number of aromatic nitrogens is 2. The van der Waals surface area contributed by atoms with E-state index >= 15 is 0 Å². The third-order valence-electron chi connectivity index (χ3n) is 2.66. The first-order valence-electron chi connectivity index (χ1n) is 5.42. The van der Waals surface area contributed by atoms with Crippen molar-refractivity contribution in [3.05, 3.63) is 22.8 Å². The number of phenolic OH excluding ortho intramolecular Hbond substituents is 1. The monoisotopic (exact) mass is 298 g/mol. The predicted molar refractivity (Wildman–Crippen MR) is 70.8 cm³/mol. The van der Waals surface area contributed by atoms with Crippen molar-refractivity contribution >= 4 is 17.6 Å². The van der Waals surface area contributed by atoms with Gasteiger partial charge >= 0.3 is 5.97 Å². The van der Waals surface area contributed by atoms with Crippen LogP contribution in [0, 0.1) is 0 Å². The Morgan fingerprint density at radius 2 is 2.05 bits per heavy atom. The molecular weight excluding hydrogens is 288 g/mol. The van der Waals surface area contributed by atoms with Gasteiger partial charge in [-0.3, -0.25) is 5.10 Å². The number of H-pyrrole nitrogens is 1. The molecule has 106 valence electrons. The van der Waals surface area contributed by atoms with Crippen molar-refractivity contribution in [3.63, 3.8) is 0 Å². The predicted octanol–water partition coefficient (Wildman–Crippen LogP) is 2.15. The number of aromatic hydroxyl groups is 1. The van der Waals surface area contributed by atoms with Gasteiger partial charge in [-0.1, -0.05) is 11.6 Å². The molecular formula is C12H11ClN2O5. The number of hydrogen-bond donors (Lipinski definition) is 3. The van der Waals surface area contributed by atoms with Gasteiger partial charge in [0.1, 0.15) is 17.1 Å². The summed E-state index contributed by atoms with van der Waals surface area (Å²) in [7, 11) is 2.81. The van der Waals surface area contributed by atoms with Crippen molar-refractivity contribution in [1.29, 1.82) is 0 Å². The molecule has 8 heteroatoms. The minimum absolute atomic E-state index is 0.0394. The van der Waals surface area contributed by atoms with E-state index in [9.17, 15) is 9.90 Å². The molecule has 20 heavy (non-hydrogen) atoms. The Morgan fingerprint density at radius 1 is 1.35 bits per heavy atom. The molecule has 0 amide bonds. The number of carboxylic acid groups (broad SMARTS) is 1. The van der Waals surface area contributed by atoms with Gasteiger partial charge in [-0.2, -0.15) is 5.10 Å². The van der Waals surface area contributed by atoms with E-state index in [2.05, 4.69) is 10.2 Å². The number of rotatable bonds is 4. The molecule has 0 bridgehead atoms. The average molecular weight is 299 g/mol. The molecule has 0 fully saturated rings. The number of carboxylic acids is 1. The summed E-state index contributed by atoms with van der Waals surface area (Å²) in [4.78, 5) is 10.9. The molecule has 0 aliphatic rings. The van der Waals surface area contributed by atoms with Crippen LogP contribution in [0.25, 0.3) is 11.3 Å². The molecule has 0 spiro atoms. The zero-order valence-electron chi connectivity index (χ0n) is 10.6. The average Bonchev–Trinajstić information content (AvgIpc) is 2.90. The van der Waals surface area contributed by atoms with Gasteiger partial charge in [0.15, 0.2) is 11.5 Å². The van der Waals surface area contributed by atoms with Gasteiger partial charge in [-0.05, 0) is 6.07 Å². The lowest BCUT2D eigenvalue weighted by atomic mass is 10.1. The second-order valence-electron chi connectivity index (χ2n) is 3.79. The number of nitrogens with zero attached hydrogens (tertiary/aromatic N) is 1. The molecule has 1 aromatic carbocycles. The Morgan fingerprint density at radius 3 is 2.55 bits per heavy atom. The number of nitrogens with one attached hydrogen (secondary N) is 1. The van der Waals surface area contributed by atoms with Crippen LogP contribution in [-0.4, -0.2) is 40.6 Å². The van der Waals surface area contributed by atoms with E-state index in [0.29, 0.717) is 5.75 Å². The van der Waals surface area contributed by atoms with Crippen molar-refractivity contribution in [2.75, 3.05) is 14.2 Å². The Kier molecular flexibility index (Phi) is 3.71. The summed E-state index contributed by atoms with van der Waals surface area (Å²) in [6.45, 7) is 0. The Labute approximate surface area is 118 Å². The summed E-state index contributed by atoms with van der Waals surface area (Å²) in [5.74, 6) is -0.938. The molecule has 0 aliphatic carbocycles. The molecule has 0 saturated carbocycles. The number of halogens is 1. The molecule has 2 rings (SSSR count). The van der Waals surface area contributed by atoms with Crippen LogP contribution < -0.4 is 9.47 Å². The first-order valence-corrected chi connectivity index (χ1v) is 5.79. The van der Waals surface area contributed by atoms with E-state index in [4.69, 9.17) is 26.2 Å². The lowest BCUT2D eigenvalue weighted by Gasteiger charge is -2.13. The van der Waals surface area contributed by atoms with Crippen molar-refractivity contribution in [2.45, 2.75) is 0 Å². The van der Waals surface area contributed by atoms with Crippen LogP contribution in [0.3, 0.4) is 0 Å². The summed E-state index contributed by atoms with van der Waals surface area (Å²) in [5.41, 5.74) is 0.207. The highest BCUT2D eigenvalue weighted by atomic mass is 35.5. The summed E-state index contributed by atoms with van der Waals surface area (Å²) in [6.07, 6.45) is 0. The third kappa shape index (κ3) is 2.23. The highest BCUT2D eigenvalue weighted by molar-refractivity contribution is 6.32. The number of benzene rings is 1. The van der Waals surface area contributed by atoms with Crippen LogP contribution in [0.4, 0.5) is 0 Å². The maximum absolute atomic E-state index is 10.9. The summed E-state index contributed by atoms with van der Waals surface area (Å²) >= 11 is 5.91. The van der Waals surface area contributed by atoms with Crippen molar-refractivity contribution < 1.29 is 24.5 Å². The maximum Gasteiger partial charge on any atom is 0.353 e. The SMILES string of the molecule is COc1cc(Cl)c(O)c(-c2cc(C(=O)O)[nH]n2)c1OC. The van der Waals surface area contributed by atoms with Crippen molar-refractivity contribution in [1.82, 2.24) is 10.2 Å². The standard InChI is InChI=1S/C12H11ClN2O5/c1-19-8-3-5(13)10(16)9(11(8)20-2)6-4-7(12(17)18)15-14-6/h3-4,16H,1-2H3,(H,14,15)(H,17,18). The van der Waals surface area contributed by atoms with E-state index in [-0.39, 0.29) is 33.5 Å². The van der Waals surface area contributed by atoms with Crippen molar-refractivity contribution in [3.8, 4) is 28.5 Å². The number of methoxy groups -OCH3 is 2. The fourth-order valence-electron chi connectivity index (χ4n) is 1.75. The summed E-state index contributed by atoms with van der Waals surface area (Å²) in [6, 6.07) is 2.65. The lowest BCUT2D eigenvalue weighted by molar-refractivity contribution is 0.0690. The number of phenols is 1. The molecule has 0 saturated heterocycles. The zero-order chi connectivity index (χ0) is 14.9. The Hall–Kier alpha value is -2.41. The molecule has 2 aromatic rings. The fraction of sp³-hybridized carbons (Fsp3) is 0.167.